The van der Waals surface area contributed by atoms with Crippen LogP contribution in [0, 0.1) is 5.82 Å². The molecule has 0 unspecified atom stereocenters. The van der Waals surface area contributed by atoms with Crippen LogP contribution in [-0.2, 0) is 0 Å². The molecular weight excluding hydrogens is 357 g/mol. The second-order valence-corrected chi connectivity index (χ2v) is 7.74. The molecule has 146 valence electrons. The van der Waals surface area contributed by atoms with Crippen LogP contribution in [0.15, 0.2) is 36.5 Å². The van der Waals surface area contributed by atoms with Gasteiger partial charge in [-0.25, -0.2) is 14.2 Å². The minimum atomic E-state index is -0.286. The molecule has 7 heteroatoms. The minimum Gasteiger partial charge on any atom is -0.351 e. The van der Waals surface area contributed by atoms with Gasteiger partial charge in [0.05, 0.1) is 16.6 Å². The highest BCUT2D eigenvalue weighted by molar-refractivity contribution is 5.85. The highest BCUT2D eigenvalue weighted by Gasteiger charge is 2.26. The van der Waals surface area contributed by atoms with Gasteiger partial charge in [0.25, 0.3) is 0 Å². The highest BCUT2D eigenvalue weighted by Crippen LogP contribution is 2.27. The molecule has 1 aliphatic heterocycles. The monoisotopic (exact) mass is 381 g/mol. The molecule has 3 heterocycles. The number of carbonyl (C=O) groups is 1. The second-order valence-electron chi connectivity index (χ2n) is 7.74. The van der Waals surface area contributed by atoms with Crippen molar-refractivity contribution in [2.45, 2.75) is 31.7 Å². The summed E-state index contributed by atoms with van der Waals surface area (Å²) in [6.45, 7) is 2.75. The van der Waals surface area contributed by atoms with Crippen LogP contribution in [-0.4, -0.2) is 52.5 Å². The number of anilines is 1. The summed E-state index contributed by atoms with van der Waals surface area (Å²) in [5.74, 6) is 0.560. The van der Waals surface area contributed by atoms with Crippen LogP contribution in [0.3, 0.4) is 0 Å². The van der Waals surface area contributed by atoms with Gasteiger partial charge < -0.3 is 19.5 Å². The molecule has 1 N–H and O–H groups in total. The molecule has 1 saturated carbocycles. The van der Waals surface area contributed by atoms with Crippen molar-refractivity contribution in [1.29, 1.82) is 0 Å². The Morgan fingerprint density at radius 1 is 1.07 bits per heavy atom. The van der Waals surface area contributed by atoms with E-state index in [1.54, 1.807) is 6.07 Å². The average Bonchev–Trinajstić information content (AvgIpc) is 3.39. The fourth-order valence-electron chi connectivity index (χ4n) is 4.42. The van der Waals surface area contributed by atoms with Gasteiger partial charge in [-0.15, -0.1) is 0 Å². The molecule has 1 aliphatic carbocycles. The van der Waals surface area contributed by atoms with Crippen molar-refractivity contribution >= 4 is 28.4 Å². The standard InChI is InChI=1S/C21H24FN5O/c22-15-7-8-18-17(14-15)24-20(19-6-3-9-27(18)19)25-10-12-26(13-11-25)21(28)23-16-4-1-2-5-16/h3,6-9,14,16H,1-2,4-5,10-13H2,(H,23,28). The molecule has 1 aromatic carbocycles. The number of amides is 2. The molecule has 2 aliphatic rings. The Kier molecular flexibility index (Phi) is 4.30. The van der Waals surface area contributed by atoms with Crippen molar-refractivity contribution in [3.05, 3.63) is 42.3 Å². The van der Waals surface area contributed by atoms with Crippen LogP contribution in [0.5, 0.6) is 0 Å². The van der Waals surface area contributed by atoms with Crippen LogP contribution < -0.4 is 10.2 Å². The molecule has 0 atom stereocenters. The lowest BCUT2D eigenvalue weighted by Crippen LogP contribution is -2.53. The predicted octanol–water partition coefficient (Wildman–Crippen LogP) is 3.40. The number of aromatic nitrogens is 2. The number of halogens is 1. The number of hydrogen-bond donors (Lipinski definition) is 1. The number of carbonyl (C=O) groups excluding carboxylic acids is 1. The zero-order valence-corrected chi connectivity index (χ0v) is 15.8. The molecule has 0 spiro atoms. The number of rotatable bonds is 2. The van der Waals surface area contributed by atoms with Gasteiger partial charge in [0.1, 0.15) is 5.82 Å². The zero-order valence-electron chi connectivity index (χ0n) is 15.8. The molecule has 1 saturated heterocycles. The largest absolute Gasteiger partial charge is 0.351 e. The Bertz CT molecular complexity index is 1020. The number of nitrogens with zero attached hydrogens (tertiary/aromatic N) is 4. The maximum absolute atomic E-state index is 13.7. The van der Waals surface area contributed by atoms with Crippen molar-refractivity contribution in [2.75, 3.05) is 31.1 Å². The molecule has 2 fully saturated rings. The summed E-state index contributed by atoms with van der Waals surface area (Å²) in [6, 6.07) is 9.10. The van der Waals surface area contributed by atoms with E-state index in [1.165, 1.54) is 25.0 Å². The Balaban J connectivity index is 1.36. The summed E-state index contributed by atoms with van der Waals surface area (Å²) in [4.78, 5) is 21.4. The maximum atomic E-state index is 13.7. The van der Waals surface area contributed by atoms with Gasteiger partial charge in [0.2, 0.25) is 0 Å². The summed E-state index contributed by atoms with van der Waals surface area (Å²) in [5, 5.41) is 3.17. The Morgan fingerprint density at radius 2 is 1.86 bits per heavy atom. The first-order valence-electron chi connectivity index (χ1n) is 10.1. The Hall–Kier alpha value is -2.83. The number of benzene rings is 1. The van der Waals surface area contributed by atoms with E-state index in [9.17, 15) is 9.18 Å². The molecule has 6 nitrogen and oxygen atoms in total. The van der Waals surface area contributed by atoms with E-state index in [4.69, 9.17) is 4.98 Å². The number of hydrogen-bond acceptors (Lipinski definition) is 3. The molecule has 2 aromatic heterocycles. The SMILES string of the molecule is O=C(NC1CCCC1)N1CCN(c2nc3cc(F)ccc3n3cccc23)CC1. The number of nitrogens with one attached hydrogen (secondary N) is 1. The van der Waals surface area contributed by atoms with Crippen LogP contribution in [0.25, 0.3) is 16.6 Å². The van der Waals surface area contributed by atoms with E-state index < -0.39 is 0 Å². The van der Waals surface area contributed by atoms with E-state index >= 15 is 0 Å². The molecule has 0 bridgehead atoms. The van der Waals surface area contributed by atoms with Gasteiger partial charge in [-0.05, 0) is 37.1 Å². The van der Waals surface area contributed by atoms with Gasteiger partial charge in [0.15, 0.2) is 5.82 Å². The van der Waals surface area contributed by atoms with Crippen molar-refractivity contribution in [3.63, 3.8) is 0 Å². The first-order chi connectivity index (χ1) is 13.7. The topological polar surface area (TPSA) is 52.9 Å². The zero-order chi connectivity index (χ0) is 19.1. The fraction of sp³-hybridized carbons (Fsp3) is 0.429. The molecule has 2 amide bonds. The third-order valence-corrected chi connectivity index (χ3v) is 5.95. The summed E-state index contributed by atoms with van der Waals surface area (Å²) < 4.78 is 15.8. The lowest BCUT2D eigenvalue weighted by molar-refractivity contribution is 0.190. The van der Waals surface area contributed by atoms with Gasteiger partial charge in [-0.3, -0.25) is 0 Å². The second kappa shape index (κ2) is 6.96. The molecule has 0 radical (unpaired) electrons. The van der Waals surface area contributed by atoms with Crippen molar-refractivity contribution in [2.24, 2.45) is 0 Å². The third-order valence-electron chi connectivity index (χ3n) is 5.95. The first-order valence-corrected chi connectivity index (χ1v) is 10.1. The maximum Gasteiger partial charge on any atom is 0.317 e. The molecule has 28 heavy (non-hydrogen) atoms. The highest BCUT2D eigenvalue weighted by atomic mass is 19.1. The van der Waals surface area contributed by atoms with E-state index in [-0.39, 0.29) is 11.8 Å². The third kappa shape index (κ3) is 3.04. The number of piperazine rings is 1. The molecular formula is C21H24FN5O. The lowest BCUT2D eigenvalue weighted by Gasteiger charge is -2.36. The predicted molar refractivity (Wildman–Crippen MR) is 107 cm³/mol. The molecule has 5 rings (SSSR count). The van der Waals surface area contributed by atoms with Crippen LogP contribution in [0.4, 0.5) is 15.0 Å². The van der Waals surface area contributed by atoms with Crippen molar-refractivity contribution in [3.8, 4) is 0 Å². The first kappa shape index (κ1) is 17.3. The van der Waals surface area contributed by atoms with Crippen LogP contribution in [0.2, 0.25) is 0 Å². The summed E-state index contributed by atoms with van der Waals surface area (Å²) in [5.41, 5.74) is 2.53. The lowest BCUT2D eigenvalue weighted by atomic mass is 10.2. The van der Waals surface area contributed by atoms with Crippen LogP contribution in [0.1, 0.15) is 25.7 Å². The average molecular weight is 381 g/mol. The van der Waals surface area contributed by atoms with Crippen LogP contribution >= 0.6 is 0 Å². The van der Waals surface area contributed by atoms with Gasteiger partial charge in [-0.1, -0.05) is 12.8 Å². The quantitative estimate of drug-likeness (QED) is 0.740. The normalized spacial score (nSPS) is 18.3. The number of urea groups is 1. The van der Waals surface area contributed by atoms with Crippen molar-refractivity contribution < 1.29 is 9.18 Å². The number of fused-ring (bicyclic) bond motifs is 3. The fourth-order valence-corrected chi connectivity index (χ4v) is 4.42. The van der Waals surface area contributed by atoms with E-state index in [1.807, 2.05) is 23.2 Å². The van der Waals surface area contributed by atoms with Crippen molar-refractivity contribution in [1.82, 2.24) is 19.6 Å². The van der Waals surface area contributed by atoms with E-state index in [0.29, 0.717) is 37.7 Å². The van der Waals surface area contributed by atoms with E-state index in [0.717, 1.165) is 29.7 Å². The van der Waals surface area contributed by atoms with Gasteiger partial charge >= 0.3 is 6.03 Å². The van der Waals surface area contributed by atoms with Gasteiger partial charge in [0, 0.05) is 44.5 Å². The summed E-state index contributed by atoms with van der Waals surface area (Å²) in [7, 11) is 0. The minimum absolute atomic E-state index is 0.0490. The smallest absolute Gasteiger partial charge is 0.317 e. The summed E-state index contributed by atoms with van der Waals surface area (Å²) >= 11 is 0. The Labute approximate surface area is 162 Å². The Morgan fingerprint density at radius 3 is 2.64 bits per heavy atom. The van der Waals surface area contributed by atoms with Gasteiger partial charge in [-0.2, -0.15) is 0 Å². The van der Waals surface area contributed by atoms with E-state index in [2.05, 4.69) is 14.6 Å². The molecule has 3 aromatic rings. The summed E-state index contributed by atoms with van der Waals surface area (Å²) in [6.07, 6.45) is 6.58.